The van der Waals surface area contributed by atoms with Crippen LogP contribution in [0.15, 0.2) is 30.3 Å². The largest absolute Gasteiger partial charge is 0.464 e. The van der Waals surface area contributed by atoms with Gasteiger partial charge in [0.1, 0.15) is 11.6 Å². The van der Waals surface area contributed by atoms with Gasteiger partial charge in [0.25, 0.3) is 5.91 Å². The summed E-state index contributed by atoms with van der Waals surface area (Å²) >= 11 is 0. The van der Waals surface area contributed by atoms with Crippen molar-refractivity contribution < 1.29 is 23.9 Å². The zero-order valence-electron chi connectivity index (χ0n) is 15.7. The second kappa shape index (κ2) is 8.21. The number of amides is 2. The van der Waals surface area contributed by atoms with Crippen LogP contribution in [0.1, 0.15) is 38.1 Å². The molecule has 0 aliphatic carbocycles. The Labute approximate surface area is 153 Å². The topological polar surface area (TPSA) is 76.2 Å². The lowest BCUT2D eigenvalue weighted by Gasteiger charge is -2.40. The Kier molecular flexibility index (Phi) is 6.23. The minimum atomic E-state index is -0.857. The van der Waals surface area contributed by atoms with Crippen LogP contribution < -0.4 is 0 Å². The minimum absolute atomic E-state index is 0.0479. The predicted molar refractivity (Wildman–Crippen MR) is 95.7 cm³/mol. The molecule has 1 aliphatic rings. The molecule has 0 spiro atoms. The van der Waals surface area contributed by atoms with Crippen molar-refractivity contribution in [3.63, 3.8) is 0 Å². The van der Waals surface area contributed by atoms with Crippen molar-refractivity contribution >= 4 is 18.0 Å². The third-order valence-electron chi connectivity index (χ3n) is 3.87. The molecule has 2 amide bonds. The molecule has 26 heavy (non-hydrogen) atoms. The summed E-state index contributed by atoms with van der Waals surface area (Å²) in [5, 5.41) is 0. The standard InChI is InChI=1S/C19H26N2O5/c1-5-25-17(23)15-13-20(18(24)26-19(2,3)4)11-12-21(15)16(22)14-9-7-6-8-10-14/h6-10,15H,5,11-13H2,1-4H3/t15-/m1/s1. The van der Waals surface area contributed by atoms with Gasteiger partial charge in [-0.1, -0.05) is 18.2 Å². The highest BCUT2D eigenvalue weighted by Gasteiger charge is 2.39. The van der Waals surface area contributed by atoms with Crippen LogP contribution in [0, 0.1) is 0 Å². The van der Waals surface area contributed by atoms with Crippen molar-refractivity contribution in [1.82, 2.24) is 9.80 Å². The van der Waals surface area contributed by atoms with Gasteiger partial charge in [-0.15, -0.1) is 0 Å². The lowest BCUT2D eigenvalue weighted by atomic mass is 10.1. The van der Waals surface area contributed by atoms with E-state index in [2.05, 4.69) is 0 Å². The van der Waals surface area contributed by atoms with E-state index in [9.17, 15) is 14.4 Å². The van der Waals surface area contributed by atoms with Gasteiger partial charge in [0.05, 0.1) is 13.2 Å². The van der Waals surface area contributed by atoms with Crippen molar-refractivity contribution in [1.29, 1.82) is 0 Å². The first-order chi connectivity index (χ1) is 12.2. The minimum Gasteiger partial charge on any atom is -0.464 e. The van der Waals surface area contributed by atoms with Crippen molar-refractivity contribution in [3.8, 4) is 0 Å². The molecule has 1 aromatic rings. The van der Waals surface area contributed by atoms with Gasteiger partial charge in [-0.05, 0) is 39.8 Å². The van der Waals surface area contributed by atoms with Crippen molar-refractivity contribution in [3.05, 3.63) is 35.9 Å². The van der Waals surface area contributed by atoms with Gasteiger partial charge in [-0.2, -0.15) is 0 Å². The maximum absolute atomic E-state index is 12.8. The zero-order valence-corrected chi connectivity index (χ0v) is 15.7. The quantitative estimate of drug-likeness (QED) is 0.771. The third kappa shape index (κ3) is 4.97. The van der Waals surface area contributed by atoms with Gasteiger partial charge in [0.15, 0.2) is 0 Å². The summed E-state index contributed by atoms with van der Waals surface area (Å²) in [5.74, 6) is -0.780. The van der Waals surface area contributed by atoms with Crippen LogP contribution in [0.2, 0.25) is 0 Å². The Bertz CT molecular complexity index is 654. The van der Waals surface area contributed by atoms with Gasteiger partial charge in [0.2, 0.25) is 0 Å². The van der Waals surface area contributed by atoms with Crippen molar-refractivity contribution in [2.45, 2.75) is 39.3 Å². The van der Waals surface area contributed by atoms with E-state index in [4.69, 9.17) is 9.47 Å². The van der Waals surface area contributed by atoms with E-state index in [0.717, 1.165) is 0 Å². The van der Waals surface area contributed by atoms with Crippen LogP contribution in [0.4, 0.5) is 4.79 Å². The summed E-state index contributed by atoms with van der Waals surface area (Å²) < 4.78 is 10.5. The molecule has 2 rings (SSSR count). The Hall–Kier alpha value is -2.57. The van der Waals surface area contributed by atoms with Crippen LogP contribution in [0.25, 0.3) is 0 Å². The molecule has 7 heteroatoms. The van der Waals surface area contributed by atoms with E-state index in [1.54, 1.807) is 52.0 Å². The molecule has 0 aromatic heterocycles. The normalized spacial score (nSPS) is 17.6. The summed E-state index contributed by atoms with van der Waals surface area (Å²) in [6.45, 7) is 7.83. The summed E-state index contributed by atoms with van der Waals surface area (Å²) in [5.41, 5.74) is -0.138. The van der Waals surface area contributed by atoms with Crippen LogP contribution in [-0.2, 0) is 14.3 Å². The summed E-state index contributed by atoms with van der Waals surface area (Å²) in [7, 11) is 0. The molecule has 1 fully saturated rings. The van der Waals surface area contributed by atoms with E-state index in [-0.39, 0.29) is 25.6 Å². The average molecular weight is 362 g/mol. The number of hydrogen-bond donors (Lipinski definition) is 0. The Morgan fingerprint density at radius 3 is 2.35 bits per heavy atom. The summed E-state index contributed by atoms with van der Waals surface area (Å²) in [6.07, 6.45) is -0.501. The van der Waals surface area contributed by atoms with E-state index in [1.807, 2.05) is 6.07 Å². The fourth-order valence-electron chi connectivity index (χ4n) is 2.71. The SMILES string of the molecule is CCOC(=O)[C@H]1CN(C(=O)OC(C)(C)C)CCN1C(=O)c1ccccc1. The smallest absolute Gasteiger partial charge is 0.410 e. The number of rotatable bonds is 3. The first kappa shape index (κ1) is 19.8. The highest BCUT2D eigenvalue weighted by molar-refractivity contribution is 5.97. The van der Waals surface area contributed by atoms with Gasteiger partial charge in [-0.3, -0.25) is 4.79 Å². The average Bonchev–Trinajstić information content (AvgIpc) is 2.60. The van der Waals surface area contributed by atoms with E-state index in [0.29, 0.717) is 12.1 Å². The molecule has 0 bridgehead atoms. The molecule has 1 saturated heterocycles. The van der Waals surface area contributed by atoms with Gasteiger partial charge in [-0.25, -0.2) is 9.59 Å². The first-order valence-corrected chi connectivity index (χ1v) is 8.73. The molecule has 0 saturated carbocycles. The molecule has 0 N–H and O–H groups in total. The third-order valence-corrected chi connectivity index (χ3v) is 3.87. The predicted octanol–water partition coefficient (Wildman–Crippen LogP) is 2.31. The van der Waals surface area contributed by atoms with Crippen molar-refractivity contribution in [2.24, 2.45) is 0 Å². The maximum Gasteiger partial charge on any atom is 0.410 e. The van der Waals surface area contributed by atoms with E-state index in [1.165, 1.54) is 9.80 Å². The molecule has 1 aliphatic heterocycles. The number of carbonyl (C=O) groups excluding carboxylic acids is 3. The number of benzene rings is 1. The number of nitrogens with zero attached hydrogens (tertiary/aromatic N) is 2. The number of hydrogen-bond acceptors (Lipinski definition) is 5. The molecular weight excluding hydrogens is 336 g/mol. The van der Waals surface area contributed by atoms with Gasteiger partial charge >= 0.3 is 12.1 Å². The van der Waals surface area contributed by atoms with E-state index < -0.39 is 23.7 Å². The highest BCUT2D eigenvalue weighted by Crippen LogP contribution is 2.18. The fraction of sp³-hybridized carbons (Fsp3) is 0.526. The Morgan fingerprint density at radius 1 is 1.12 bits per heavy atom. The van der Waals surface area contributed by atoms with Crippen LogP contribution >= 0.6 is 0 Å². The molecule has 142 valence electrons. The number of ether oxygens (including phenoxy) is 2. The van der Waals surface area contributed by atoms with Gasteiger partial charge < -0.3 is 19.3 Å². The highest BCUT2D eigenvalue weighted by atomic mass is 16.6. The van der Waals surface area contributed by atoms with Crippen LogP contribution in [-0.4, -0.2) is 65.7 Å². The Morgan fingerprint density at radius 2 is 1.77 bits per heavy atom. The zero-order chi connectivity index (χ0) is 19.3. The number of carbonyl (C=O) groups is 3. The van der Waals surface area contributed by atoms with Crippen molar-refractivity contribution in [2.75, 3.05) is 26.2 Å². The first-order valence-electron chi connectivity index (χ1n) is 8.73. The lowest BCUT2D eigenvalue weighted by Crippen LogP contribution is -2.60. The molecule has 0 radical (unpaired) electrons. The maximum atomic E-state index is 12.8. The molecule has 1 atom stereocenters. The molecule has 0 unspecified atom stereocenters. The number of piperazine rings is 1. The van der Waals surface area contributed by atoms with E-state index >= 15 is 0 Å². The monoisotopic (exact) mass is 362 g/mol. The molecular formula is C19H26N2O5. The fourth-order valence-corrected chi connectivity index (χ4v) is 2.71. The van der Waals surface area contributed by atoms with Gasteiger partial charge in [0, 0.05) is 18.7 Å². The molecule has 7 nitrogen and oxygen atoms in total. The second-order valence-corrected chi connectivity index (χ2v) is 7.06. The second-order valence-electron chi connectivity index (χ2n) is 7.06. The molecule has 1 aromatic carbocycles. The molecule has 1 heterocycles. The van der Waals surface area contributed by atoms with Crippen LogP contribution in [0.5, 0.6) is 0 Å². The Balaban J connectivity index is 2.18. The number of esters is 1. The summed E-state index contributed by atoms with van der Waals surface area (Å²) in [4.78, 5) is 40.5. The lowest BCUT2D eigenvalue weighted by molar-refractivity contribution is -0.150. The van der Waals surface area contributed by atoms with Crippen LogP contribution in [0.3, 0.4) is 0 Å². The summed E-state index contributed by atoms with van der Waals surface area (Å²) in [6, 6.07) is 7.90.